The molecular weight excluding hydrogens is 370 g/mol. The van der Waals surface area contributed by atoms with Gasteiger partial charge in [-0.3, -0.25) is 19.3 Å². The Morgan fingerprint density at radius 2 is 1.83 bits per heavy atom. The lowest BCUT2D eigenvalue weighted by molar-refractivity contribution is -0.124. The summed E-state index contributed by atoms with van der Waals surface area (Å²) in [5.74, 6) is -0.710. The van der Waals surface area contributed by atoms with Crippen molar-refractivity contribution in [3.63, 3.8) is 0 Å². The maximum absolute atomic E-state index is 13.1. The number of aliphatic hydroxyl groups is 1. The molecule has 29 heavy (non-hydrogen) atoms. The number of anilines is 1. The van der Waals surface area contributed by atoms with Crippen molar-refractivity contribution < 1.29 is 19.5 Å². The van der Waals surface area contributed by atoms with Crippen LogP contribution in [-0.4, -0.2) is 46.5 Å². The lowest BCUT2D eigenvalue weighted by Gasteiger charge is -2.48. The fraction of sp³-hybridized carbons (Fsp3) is 0.318. The Bertz CT molecular complexity index is 962. The Labute approximate surface area is 168 Å². The summed E-state index contributed by atoms with van der Waals surface area (Å²) in [6.45, 7) is 1.67. The molecule has 2 aromatic rings. The fourth-order valence-corrected chi connectivity index (χ4v) is 4.14. The molecule has 0 spiro atoms. The van der Waals surface area contributed by atoms with Gasteiger partial charge in [-0.2, -0.15) is 0 Å². The van der Waals surface area contributed by atoms with Gasteiger partial charge in [0.1, 0.15) is 12.2 Å². The van der Waals surface area contributed by atoms with Gasteiger partial charge in [0.2, 0.25) is 11.8 Å². The molecule has 2 aromatic carbocycles. The van der Waals surface area contributed by atoms with Gasteiger partial charge in [0, 0.05) is 13.0 Å². The number of carbonyl (C=O) groups excluding carboxylic acids is 3. The lowest BCUT2D eigenvalue weighted by Crippen LogP contribution is -2.63. The van der Waals surface area contributed by atoms with Gasteiger partial charge in [0.05, 0.1) is 17.4 Å². The SMILES string of the molecule is CC12CCC(=O)N1c1ccccc1C(=O)N2CC(=O)NCC(O)c1ccccc1. The van der Waals surface area contributed by atoms with E-state index in [4.69, 9.17) is 0 Å². The number of hydrogen-bond acceptors (Lipinski definition) is 4. The van der Waals surface area contributed by atoms with Gasteiger partial charge in [0.25, 0.3) is 5.91 Å². The minimum atomic E-state index is -0.877. The highest BCUT2D eigenvalue weighted by atomic mass is 16.3. The quantitative estimate of drug-likeness (QED) is 0.811. The van der Waals surface area contributed by atoms with Gasteiger partial charge in [-0.1, -0.05) is 42.5 Å². The smallest absolute Gasteiger partial charge is 0.258 e. The number of amides is 3. The van der Waals surface area contributed by atoms with Gasteiger partial charge in [-0.15, -0.1) is 0 Å². The highest BCUT2D eigenvalue weighted by Gasteiger charge is 2.53. The van der Waals surface area contributed by atoms with Crippen LogP contribution in [0.4, 0.5) is 5.69 Å². The lowest BCUT2D eigenvalue weighted by atomic mass is 9.98. The van der Waals surface area contributed by atoms with Crippen molar-refractivity contribution in [2.24, 2.45) is 0 Å². The van der Waals surface area contributed by atoms with Crippen molar-refractivity contribution in [3.05, 3.63) is 65.7 Å². The second kappa shape index (κ2) is 7.33. The van der Waals surface area contributed by atoms with Crippen LogP contribution >= 0.6 is 0 Å². The molecule has 1 fully saturated rings. The summed E-state index contributed by atoms with van der Waals surface area (Å²) >= 11 is 0. The molecule has 0 aromatic heterocycles. The highest BCUT2D eigenvalue weighted by molar-refractivity contribution is 6.11. The standard InChI is InChI=1S/C22H23N3O4/c1-22-12-11-20(28)25(22)17-10-6-5-9-16(17)21(29)24(22)14-19(27)23-13-18(26)15-7-3-2-4-8-15/h2-10,18,26H,11-14H2,1H3,(H,23,27). The number of carbonyl (C=O) groups is 3. The van der Waals surface area contributed by atoms with Crippen LogP contribution in [0.25, 0.3) is 0 Å². The van der Waals surface area contributed by atoms with Crippen molar-refractivity contribution in [2.45, 2.75) is 31.5 Å². The zero-order valence-electron chi connectivity index (χ0n) is 16.2. The van der Waals surface area contributed by atoms with Crippen LogP contribution in [0, 0.1) is 0 Å². The molecule has 0 bridgehead atoms. The van der Waals surface area contributed by atoms with E-state index in [1.54, 1.807) is 41.3 Å². The van der Waals surface area contributed by atoms with Crippen molar-refractivity contribution in [2.75, 3.05) is 18.0 Å². The molecule has 0 saturated carbocycles. The zero-order chi connectivity index (χ0) is 20.6. The molecule has 2 aliphatic heterocycles. The molecule has 2 N–H and O–H groups in total. The second-order valence-corrected chi connectivity index (χ2v) is 7.59. The van der Waals surface area contributed by atoms with E-state index in [-0.39, 0.29) is 30.8 Å². The second-order valence-electron chi connectivity index (χ2n) is 7.59. The summed E-state index contributed by atoms with van der Waals surface area (Å²) < 4.78 is 0. The van der Waals surface area contributed by atoms with Gasteiger partial charge in [0.15, 0.2) is 0 Å². The summed E-state index contributed by atoms with van der Waals surface area (Å²) in [4.78, 5) is 41.4. The number of nitrogens with zero attached hydrogens (tertiary/aromatic N) is 2. The largest absolute Gasteiger partial charge is 0.387 e. The fourth-order valence-electron chi connectivity index (χ4n) is 4.14. The third-order valence-electron chi connectivity index (χ3n) is 5.72. The van der Waals surface area contributed by atoms with Crippen LogP contribution in [0.1, 0.15) is 41.8 Å². The first-order valence-electron chi connectivity index (χ1n) is 9.65. The molecule has 2 aliphatic rings. The average Bonchev–Trinajstić information content (AvgIpc) is 3.05. The first-order valence-corrected chi connectivity index (χ1v) is 9.65. The van der Waals surface area contributed by atoms with Crippen LogP contribution in [0.3, 0.4) is 0 Å². The molecular formula is C22H23N3O4. The zero-order valence-corrected chi connectivity index (χ0v) is 16.2. The van der Waals surface area contributed by atoms with Crippen LogP contribution in [0.5, 0.6) is 0 Å². The van der Waals surface area contributed by atoms with Crippen molar-refractivity contribution in [3.8, 4) is 0 Å². The van der Waals surface area contributed by atoms with E-state index in [9.17, 15) is 19.5 Å². The molecule has 2 atom stereocenters. The average molecular weight is 393 g/mol. The minimum Gasteiger partial charge on any atom is -0.387 e. The van der Waals surface area contributed by atoms with E-state index < -0.39 is 11.8 Å². The number of hydrogen-bond donors (Lipinski definition) is 2. The summed E-state index contributed by atoms with van der Waals surface area (Å²) in [5, 5.41) is 12.9. The molecule has 7 nitrogen and oxygen atoms in total. The molecule has 0 radical (unpaired) electrons. The summed E-state index contributed by atoms with van der Waals surface area (Å²) in [5.41, 5.74) is 0.837. The van der Waals surface area contributed by atoms with Gasteiger partial charge in [-0.05, 0) is 31.0 Å². The van der Waals surface area contributed by atoms with Crippen LogP contribution in [0.15, 0.2) is 54.6 Å². The summed E-state index contributed by atoms with van der Waals surface area (Å²) in [7, 11) is 0. The number of benzene rings is 2. The Kier molecular flexibility index (Phi) is 4.84. The maximum atomic E-state index is 13.1. The Hall–Kier alpha value is -3.19. The molecule has 2 heterocycles. The van der Waals surface area contributed by atoms with Crippen LogP contribution in [0.2, 0.25) is 0 Å². The minimum absolute atomic E-state index is 0.0425. The number of rotatable bonds is 5. The number of aliphatic hydroxyl groups excluding tert-OH is 1. The molecule has 3 amide bonds. The molecule has 1 saturated heterocycles. The summed E-state index contributed by atoms with van der Waals surface area (Å²) in [6.07, 6.45) is -0.0486. The number of nitrogens with one attached hydrogen (secondary N) is 1. The predicted octanol–water partition coefficient (Wildman–Crippen LogP) is 1.84. The number of para-hydroxylation sites is 1. The first kappa shape index (κ1) is 19.1. The van der Waals surface area contributed by atoms with E-state index >= 15 is 0 Å². The van der Waals surface area contributed by atoms with Gasteiger partial charge < -0.3 is 15.3 Å². The molecule has 4 rings (SSSR count). The maximum Gasteiger partial charge on any atom is 0.258 e. The molecule has 150 valence electrons. The van der Waals surface area contributed by atoms with Gasteiger partial charge >= 0.3 is 0 Å². The predicted molar refractivity (Wildman–Crippen MR) is 107 cm³/mol. The molecule has 7 heteroatoms. The van der Waals surface area contributed by atoms with Crippen LogP contribution in [-0.2, 0) is 9.59 Å². The van der Waals surface area contributed by atoms with E-state index in [1.165, 1.54) is 4.90 Å². The third kappa shape index (κ3) is 3.27. The third-order valence-corrected chi connectivity index (χ3v) is 5.72. The van der Waals surface area contributed by atoms with Gasteiger partial charge in [-0.25, -0.2) is 0 Å². The Morgan fingerprint density at radius 3 is 2.59 bits per heavy atom. The monoisotopic (exact) mass is 393 g/mol. The Balaban J connectivity index is 1.51. The van der Waals surface area contributed by atoms with E-state index in [0.29, 0.717) is 29.7 Å². The number of fused-ring (bicyclic) bond motifs is 3. The van der Waals surface area contributed by atoms with E-state index in [2.05, 4.69) is 5.32 Å². The van der Waals surface area contributed by atoms with Crippen molar-refractivity contribution >= 4 is 23.4 Å². The Morgan fingerprint density at radius 1 is 1.14 bits per heavy atom. The molecule has 0 aliphatic carbocycles. The normalized spacial score (nSPS) is 21.6. The highest BCUT2D eigenvalue weighted by Crippen LogP contribution is 2.43. The molecule has 2 unspecified atom stereocenters. The van der Waals surface area contributed by atoms with E-state index in [0.717, 1.165) is 0 Å². The van der Waals surface area contributed by atoms with Crippen molar-refractivity contribution in [1.29, 1.82) is 0 Å². The summed E-state index contributed by atoms with van der Waals surface area (Å²) in [6, 6.07) is 16.0. The first-order chi connectivity index (χ1) is 13.9. The topological polar surface area (TPSA) is 90.0 Å². The van der Waals surface area contributed by atoms with Crippen LogP contribution < -0.4 is 10.2 Å². The van der Waals surface area contributed by atoms with E-state index in [1.807, 2.05) is 25.1 Å². The van der Waals surface area contributed by atoms with Crippen molar-refractivity contribution in [1.82, 2.24) is 10.2 Å².